The summed E-state index contributed by atoms with van der Waals surface area (Å²) >= 11 is 0. The first-order valence-corrected chi connectivity index (χ1v) is 11.1. The molecule has 2 aliphatic heterocycles. The fourth-order valence-corrected chi connectivity index (χ4v) is 4.96. The van der Waals surface area contributed by atoms with Crippen molar-refractivity contribution in [2.75, 3.05) is 37.7 Å². The van der Waals surface area contributed by atoms with Crippen LogP contribution in [0.15, 0.2) is 36.4 Å². The number of hydrogen-bond donors (Lipinski definition) is 0. The van der Waals surface area contributed by atoms with E-state index in [0.29, 0.717) is 12.6 Å². The van der Waals surface area contributed by atoms with Gasteiger partial charge >= 0.3 is 0 Å². The van der Waals surface area contributed by atoms with Crippen LogP contribution in [0.5, 0.6) is 5.75 Å². The highest BCUT2D eigenvalue weighted by Crippen LogP contribution is 2.38. The van der Waals surface area contributed by atoms with Crippen molar-refractivity contribution < 1.29 is 9.13 Å². The summed E-state index contributed by atoms with van der Waals surface area (Å²) in [7, 11) is 0. The summed E-state index contributed by atoms with van der Waals surface area (Å²) in [5, 5.41) is 0. The molecule has 0 atom stereocenters. The van der Waals surface area contributed by atoms with E-state index in [9.17, 15) is 4.39 Å². The molecule has 0 saturated carbocycles. The zero-order chi connectivity index (χ0) is 20.2. The molecule has 4 heteroatoms. The molecule has 0 aromatic heterocycles. The zero-order valence-electron chi connectivity index (χ0n) is 17.8. The van der Waals surface area contributed by atoms with Crippen molar-refractivity contribution in [1.82, 2.24) is 4.90 Å². The minimum absolute atomic E-state index is 0.154. The summed E-state index contributed by atoms with van der Waals surface area (Å²) in [4.78, 5) is 5.24. The quantitative estimate of drug-likeness (QED) is 0.684. The fourth-order valence-electron chi connectivity index (χ4n) is 4.96. The molecule has 1 fully saturated rings. The number of benzene rings is 2. The van der Waals surface area contributed by atoms with Gasteiger partial charge in [0.2, 0.25) is 0 Å². The molecule has 0 amide bonds. The summed E-state index contributed by atoms with van der Waals surface area (Å²) in [6.45, 7) is 9.49. The molecule has 156 valence electrons. The lowest BCUT2D eigenvalue weighted by molar-refractivity contribution is 0.210. The topological polar surface area (TPSA) is 15.7 Å². The number of piperidine rings is 1. The van der Waals surface area contributed by atoms with Gasteiger partial charge in [0.15, 0.2) is 0 Å². The van der Waals surface area contributed by atoms with Crippen LogP contribution in [0.25, 0.3) is 0 Å². The van der Waals surface area contributed by atoms with E-state index in [4.69, 9.17) is 4.74 Å². The number of halogens is 1. The number of nitrogens with zero attached hydrogens (tertiary/aromatic N) is 2. The van der Waals surface area contributed by atoms with Crippen LogP contribution in [0.4, 0.5) is 10.1 Å². The summed E-state index contributed by atoms with van der Waals surface area (Å²) in [5.74, 6) is 0.883. The largest absolute Gasteiger partial charge is 0.494 e. The fraction of sp³-hybridized carbons (Fsp3) is 0.520. The molecular weight excluding hydrogens is 363 g/mol. The maximum absolute atomic E-state index is 13.1. The molecule has 4 rings (SSSR count). The van der Waals surface area contributed by atoms with Crippen LogP contribution in [-0.2, 0) is 12.8 Å². The minimum Gasteiger partial charge on any atom is -0.494 e. The average molecular weight is 397 g/mol. The van der Waals surface area contributed by atoms with Gasteiger partial charge in [-0.3, -0.25) is 0 Å². The van der Waals surface area contributed by atoms with Crippen LogP contribution in [0, 0.1) is 12.7 Å². The standard InChI is InChI=1S/C25H33FN2O/c1-3-29-24-11-8-21-5-4-15-28(25(21)19(24)2)23-13-17-27(18-14-23)16-12-20-6-9-22(26)10-7-20/h6-11,23H,3-5,12-18H2,1-2H3. The van der Waals surface area contributed by atoms with Crippen molar-refractivity contribution in [1.29, 1.82) is 0 Å². The van der Waals surface area contributed by atoms with Gasteiger partial charge in [0, 0.05) is 43.5 Å². The van der Waals surface area contributed by atoms with Gasteiger partial charge in [-0.15, -0.1) is 0 Å². The monoisotopic (exact) mass is 396 g/mol. The first-order valence-electron chi connectivity index (χ1n) is 11.1. The maximum atomic E-state index is 13.1. The Hall–Kier alpha value is -2.07. The van der Waals surface area contributed by atoms with Crippen molar-refractivity contribution in [3.8, 4) is 5.75 Å². The maximum Gasteiger partial charge on any atom is 0.124 e. The Morgan fingerprint density at radius 1 is 1.03 bits per heavy atom. The second-order valence-corrected chi connectivity index (χ2v) is 8.38. The molecule has 0 bridgehead atoms. The van der Waals surface area contributed by atoms with Crippen LogP contribution >= 0.6 is 0 Å². The summed E-state index contributed by atoms with van der Waals surface area (Å²) in [6, 6.07) is 12.0. The van der Waals surface area contributed by atoms with Crippen molar-refractivity contribution in [2.24, 2.45) is 0 Å². The third-order valence-corrected chi connectivity index (χ3v) is 6.52. The number of likely N-dealkylation sites (tertiary alicyclic amines) is 1. The van der Waals surface area contributed by atoms with Gasteiger partial charge in [0.05, 0.1) is 6.61 Å². The van der Waals surface area contributed by atoms with Gasteiger partial charge in [-0.2, -0.15) is 0 Å². The minimum atomic E-state index is -0.154. The smallest absolute Gasteiger partial charge is 0.124 e. The number of anilines is 1. The van der Waals surface area contributed by atoms with Gasteiger partial charge < -0.3 is 14.5 Å². The molecule has 0 spiro atoms. The molecule has 0 aliphatic carbocycles. The summed E-state index contributed by atoms with van der Waals surface area (Å²) in [6.07, 6.45) is 5.83. The van der Waals surface area contributed by atoms with E-state index in [1.165, 1.54) is 48.1 Å². The molecule has 29 heavy (non-hydrogen) atoms. The molecular formula is C25H33FN2O. The van der Waals surface area contributed by atoms with E-state index >= 15 is 0 Å². The Bertz CT molecular complexity index is 812. The normalized spacial score (nSPS) is 18.0. The van der Waals surface area contributed by atoms with Crippen molar-refractivity contribution in [3.05, 3.63) is 58.9 Å². The number of rotatable bonds is 6. The van der Waals surface area contributed by atoms with Gasteiger partial charge in [0.1, 0.15) is 11.6 Å². The van der Waals surface area contributed by atoms with E-state index in [1.54, 1.807) is 12.1 Å². The number of hydrogen-bond acceptors (Lipinski definition) is 3. The van der Waals surface area contributed by atoms with Crippen LogP contribution in [-0.4, -0.2) is 43.7 Å². The highest BCUT2D eigenvalue weighted by molar-refractivity contribution is 5.66. The number of ether oxygens (including phenoxy) is 1. The Morgan fingerprint density at radius 3 is 2.52 bits per heavy atom. The lowest BCUT2D eigenvalue weighted by Crippen LogP contribution is -2.47. The van der Waals surface area contributed by atoms with Crippen molar-refractivity contribution in [3.63, 3.8) is 0 Å². The van der Waals surface area contributed by atoms with E-state index in [2.05, 4.69) is 35.8 Å². The lowest BCUT2D eigenvalue weighted by atomic mass is 9.93. The Balaban J connectivity index is 1.38. The van der Waals surface area contributed by atoms with Crippen LogP contribution in [0.1, 0.15) is 42.9 Å². The summed E-state index contributed by atoms with van der Waals surface area (Å²) in [5.41, 5.74) is 5.45. The van der Waals surface area contributed by atoms with E-state index in [0.717, 1.165) is 38.3 Å². The highest BCUT2D eigenvalue weighted by Gasteiger charge is 2.29. The Morgan fingerprint density at radius 2 is 1.79 bits per heavy atom. The SMILES string of the molecule is CCOc1ccc2c(c1C)N(C1CCN(CCc3ccc(F)cc3)CC1)CCC2. The summed E-state index contributed by atoms with van der Waals surface area (Å²) < 4.78 is 19.0. The predicted octanol–water partition coefficient (Wildman–Crippen LogP) is 4.99. The number of aryl methyl sites for hydroxylation is 1. The molecule has 1 saturated heterocycles. The molecule has 0 unspecified atom stereocenters. The second-order valence-electron chi connectivity index (χ2n) is 8.38. The molecule has 3 nitrogen and oxygen atoms in total. The average Bonchev–Trinajstić information content (AvgIpc) is 2.75. The zero-order valence-corrected chi connectivity index (χ0v) is 17.8. The van der Waals surface area contributed by atoms with Crippen LogP contribution in [0.3, 0.4) is 0 Å². The van der Waals surface area contributed by atoms with E-state index in [1.807, 2.05) is 12.1 Å². The predicted molar refractivity (Wildman–Crippen MR) is 118 cm³/mol. The molecule has 2 aromatic rings. The second kappa shape index (κ2) is 9.17. The lowest BCUT2D eigenvalue weighted by Gasteiger charge is -2.43. The molecule has 2 aromatic carbocycles. The molecule has 2 aliphatic rings. The first-order chi connectivity index (χ1) is 14.2. The molecule has 0 N–H and O–H groups in total. The van der Waals surface area contributed by atoms with Crippen molar-refractivity contribution >= 4 is 5.69 Å². The molecule has 2 heterocycles. The van der Waals surface area contributed by atoms with E-state index in [-0.39, 0.29) is 5.82 Å². The van der Waals surface area contributed by atoms with Gasteiger partial charge in [-0.25, -0.2) is 4.39 Å². The third kappa shape index (κ3) is 4.58. The third-order valence-electron chi connectivity index (χ3n) is 6.52. The Kier molecular flexibility index (Phi) is 6.39. The number of fused-ring (bicyclic) bond motifs is 1. The van der Waals surface area contributed by atoms with Gasteiger partial charge in [0.25, 0.3) is 0 Å². The van der Waals surface area contributed by atoms with Crippen molar-refractivity contribution in [2.45, 2.75) is 52.0 Å². The van der Waals surface area contributed by atoms with Gasteiger partial charge in [-0.05, 0) is 75.3 Å². The van der Waals surface area contributed by atoms with Gasteiger partial charge in [-0.1, -0.05) is 18.2 Å². The van der Waals surface area contributed by atoms with Crippen LogP contribution < -0.4 is 9.64 Å². The first kappa shape index (κ1) is 20.2. The highest BCUT2D eigenvalue weighted by atomic mass is 19.1. The Labute approximate surface area is 174 Å². The molecule has 0 radical (unpaired) electrons. The van der Waals surface area contributed by atoms with E-state index < -0.39 is 0 Å². The van der Waals surface area contributed by atoms with Crippen LogP contribution in [0.2, 0.25) is 0 Å².